The van der Waals surface area contributed by atoms with Gasteiger partial charge in [-0.05, 0) is 24.3 Å². The number of pyridine rings is 1. The number of nitrogen functional groups attached to an aromatic ring is 1. The maximum Gasteiger partial charge on any atom is 0.416 e. The quantitative estimate of drug-likeness (QED) is 0.364. The van der Waals surface area contributed by atoms with Crippen LogP contribution in [-0.2, 0) is 15.7 Å². The zero-order chi connectivity index (χ0) is 27.6. The molecular weight excluding hydrogens is 515 g/mol. The number of amides is 1. The summed E-state index contributed by atoms with van der Waals surface area (Å²) in [5.74, 6) is 0.163. The van der Waals surface area contributed by atoms with Gasteiger partial charge in [0.25, 0.3) is 5.91 Å². The molecule has 4 aromatic rings. The summed E-state index contributed by atoms with van der Waals surface area (Å²) in [7, 11) is 1.67. The third-order valence-corrected chi connectivity index (χ3v) is 6.41. The fourth-order valence-corrected chi connectivity index (χ4v) is 4.44. The molecule has 5 rings (SSSR count). The number of halogens is 3. The van der Waals surface area contributed by atoms with Crippen LogP contribution in [0.5, 0.6) is 0 Å². The zero-order valence-corrected chi connectivity index (χ0v) is 21.0. The van der Waals surface area contributed by atoms with Gasteiger partial charge in [0.15, 0.2) is 0 Å². The van der Waals surface area contributed by atoms with Crippen molar-refractivity contribution < 1.29 is 27.4 Å². The molecule has 4 heterocycles. The van der Waals surface area contributed by atoms with Crippen LogP contribution in [0.2, 0.25) is 0 Å². The molecule has 0 aliphatic carbocycles. The molecule has 1 fully saturated rings. The van der Waals surface area contributed by atoms with Gasteiger partial charge >= 0.3 is 6.18 Å². The summed E-state index contributed by atoms with van der Waals surface area (Å²) in [6.45, 7) is 3.35. The number of nitrogens with zero attached hydrogens (tertiary/aromatic N) is 5. The van der Waals surface area contributed by atoms with Gasteiger partial charge in [-0.25, -0.2) is 15.0 Å². The maximum absolute atomic E-state index is 13.0. The van der Waals surface area contributed by atoms with Crippen molar-refractivity contribution >= 4 is 23.1 Å². The van der Waals surface area contributed by atoms with E-state index in [9.17, 15) is 18.0 Å². The molecule has 0 saturated carbocycles. The summed E-state index contributed by atoms with van der Waals surface area (Å²) in [5, 5.41) is 2.40. The van der Waals surface area contributed by atoms with Crippen LogP contribution in [0.1, 0.15) is 27.8 Å². The van der Waals surface area contributed by atoms with Crippen LogP contribution >= 0.6 is 0 Å². The fourth-order valence-electron chi connectivity index (χ4n) is 4.44. The maximum atomic E-state index is 13.0. The van der Waals surface area contributed by atoms with Crippen LogP contribution in [0.15, 0.2) is 55.0 Å². The highest BCUT2D eigenvalue weighted by Crippen LogP contribution is 2.33. The van der Waals surface area contributed by atoms with Crippen LogP contribution in [0, 0.1) is 0 Å². The Kier molecular flexibility index (Phi) is 7.46. The molecule has 3 N–H and O–H groups in total. The summed E-state index contributed by atoms with van der Waals surface area (Å²) in [6, 6.07) is 8.12. The van der Waals surface area contributed by atoms with Crippen LogP contribution in [0.3, 0.4) is 0 Å². The van der Waals surface area contributed by atoms with Gasteiger partial charge in [0.1, 0.15) is 34.8 Å². The number of methoxy groups -OCH3 is 1. The van der Waals surface area contributed by atoms with E-state index in [-0.39, 0.29) is 23.3 Å². The number of carbonyl (C=O) groups excluding carboxylic acids is 1. The zero-order valence-electron chi connectivity index (χ0n) is 21.0. The number of rotatable bonds is 7. The molecule has 1 aromatic carbocycles. The second kappa shape index (κ2) is 11.0. The van der Waals surface area contributed by atoms with Crippen LogP contribution < -0.4 is 11.1 Å². The van der Waals surface area contributed by atoms with Gasteiger partial charge in [0.05, 0.1) is 18.8 Å². The standard InChI is InChI=1S/C26H26F3N7O3/c1-38-12-10-35-11-13-39-19(15-35)24-34-21(22-23(30)32-8-9-36(22)24)16-2-4-17(5-3-16)25(37)33-20-14-18(6-7-31-20)26(27,28)29/h2-9,14,19H,10-13,15H2,1H3,(H2,30,32)(H,31,33,37)/t19-/m1/s1. The first-order valence-corrected chi connectivity index (χ1v) is 12.1. The number of nitrogens with two attached hydrogens (primary N) is 1. The number of hydrogen-bond donors (Lipinski definition) is 2. The summed E-state index contributed by atoms with van der Waals surface area (Å²) in [4.78, 5) is 27.8. The van der Waals surface area contributed by atoms with Crippen molar-refractivity contribution in [1.82, 2.24) is 24.3 Å². The fraction of sp³-hybridized carbons (Fsp3) is 0.308. The summed E-state index contributed by atoms with van der Waals surface area (Å²) < 4.78 is 52.1. The summed E-state index contributed by atoms with van der Waals surface area (Å²) >= 11 is 0. The Balaban J connectivity index is 1.40. The minimum Gasteiger partial charge on any atom is -0.383 e. The third-order valence-electron chi connectivity index (χ3n) is 6.41. The van der Waals surface area contributed by atoms with Crippen molar-refractivity contribution in [2.45, 2.75) is 12.3 Å². The molecule has 0 unspecified atom stereocenters. The molecule has 1 atom stereocenters. The van der Waals surface area contributed by atoms with Gasteiger partial charge in [0.2, 0.25) is 0 Å². The molecule has 1 amide bonds. The van der Waals surface area contributed by atoms with Gasteiger partial charge in [-0.2, -0.15) is 13.2 Å². The molecule has 1 aliphatic heterocycles. The number of imidazole rings is 1. The van der Waals surface area contributed by atoms with E-state index in [4.69, 9.17) is 20.2 Å². The monoisotopic (exact) mass is 541 g/mol. The molecular formula is C26H26F3N7O3. The lowest BCUT2D eigenvalue weighted by Gasteiger charge is -2.32. The van der Waals surface area contributed by atoms with E-state index in [1.807, 2.05) is 4.40 Å². The summed E-state index contributed by atoms with van der Waals surface area (Å²) in [6.07, 6.45) is -0.480. The lowest BCUT2D eigenvalue weighted by atomic mass is 10.1. The number of carbonyl (C=O) groups is 1. The smallest absolute Gasteiger partial charge is 0.383 e. The normalized spacial score (nSPS) is 16.5. The van der Waals surface area contributed by atoms with Gasteiger partial charge in [-0.1, -0.05) is 12.1 Å². The first kappa shape index (κ1) is 26.5. The number of morpholine rings is 1. The highest BCUT2D eigenvalue weighted by molar-refractivity contribution is 6.04. The van der Waals surface area contributed by atoms with Crippen molar-refractivity contribution in [3.8, 4) is 11.3 Å². The SMILES string of the molecule is COCCN1CCO[C@@H](c2nc(-c3ccc(C(=O)Nc4cc(C(F)(F)F)ccn4)cc3)c3c(N)nccn23)C1. The van der Waals surface area contributed by atoms with E-state index < -0.39 is 17.6 Å². The van der Waals surface area contributed by atoms with Crippen molar-refractivity contribution in [3.05, 3.63) is 71.9 Å². The number of ether oxygens (including phenoxy) is 2. The van der Waals surface area contributed by atoms with E-state index in [1.165, 1.54) is 0 Å². The molecule has 0 bridgehead atoms. The minimum absolute atomic E-state index is 0.200. The Morgan fingerprint density at radius 3 is 2.74 bits per heavy atom. The molecule has 1 aliphatic rings. The van der Waals surface area contributed by atoms with Crippen molar-refractivity contribution in [2.24, 2.45) is 0 Å². The van der Waals surface area contributed by atoms with Crippen molar-refractivity contribution in [2.75, 3.05) is 51.0 Å². The first-order chi connectivity index (χ1) is 18.7. The number of nitrogens with one attached hydrogen (secondary N) is 1. The number of anilines is 2. The summed E-state index contributed by atoms with van der Waals surface area (Å²) in [5.41, 5.74) is 7.43. The molecule has 0 radical (unpaired) electrons. The molecule has 39 heavy (non-hydrogen) atoms. The lowest BCUT2D eigenvalue weighted by Crippen LogP contribution is -2.40. The highest BCUT2D eigenvalue weighted by Gasteiger charge is 2.31. The van der Waals surface area contributed by atoms with Crippen LogP contribution in [-0.4, -0.2) is 70.1 Å². The lowest BCUT2D eigenvalue weighted by molar-refractivity contribution is -0.137. The second-order valence-corrected chi connectivity index (χ2v) is 8.96. The van der Waals surface area contributed by atoms with Gasteiger partial charge in [0, 0.05) is 56.5 Å². The van der Waals surface area contributed by atoms with Crippen molar-refractivity contribution in [3.63, 3.8) is 0 Å². The highest BCUT2D eigenvalue weighted by atomic mass is 19.4. The molecule has 13 heteroatoms. The molecule has 1 saturated heterocycles. The van der Waals surface area contributed by atoms with E-state index in [0.717, 1.165) is 31.4 Å². The third kappa shape index (κ3) is 5.70. The minimum atomic E-state index is -4.54. The Bertz CT molecular complexity index is 1470. The predicted octanol–water partition coefficient (Wildman–Crippen LogP) is 3.66. The largest absolute Gasteiger partial charge is 0.416 e. The number of aromatic nitrogens is 4. The predicted molar refractivity (Wildman–Crippen MR) is 137 cm³/mol. The molecule has 204 valence electrons. The Morgan fingerprint density at radius 1 is 1.21 bits per heavy atom. The second-order valence-electron chi connectivity index (χ2n) is 8.96. The first-order valence-electron chi connectivity index (χ1n) is 12.1. The van der Waals surface area contributed by atoms with E-state index in [2.05, 4.69) is 20.2 Å². The molecule has 10 nitrogen and oxygen atoms in total. The van der Waals surface area contributed by atoms with Gasteiger partial charge in [-0.15, -0.1) is 0 Å². The van der Waals surface area contributed by atoms with Crippen LogP contribution in [0.4, 0.5) is 24.8 Å². The van der Waals surface area contributed by atoms with Crippen molar-refractivity contribution in [1.29, 1.82) is 0 Å². The van der Waals surface area contributed by atoms with Gasteiger partial charge in [-0.3, -0.25) is 14.1 Å². The number of alkyl halides is 3. The Labute approximate surface area is 221 Å². The Hall–Kier alpha value is -4.07. The van der Waals surface area contributed by atoms with E-state index in [0.29, 0.717) is 42.4 Å². The van der Waals surface area contributed by atoms with Gasteiger partial charge < -0.3 is 20.5 Å². The molecule has 0 spiro atoms. The number of fused-ring (bicyclic) bond motifs is 1. The topological polar surface area (TPSA) is 120 Å². The average Bonchev–Trinajstić information content (AvgIpc) is 3.33. The Morgan fingerprint density at radius 2 is 2.00 bits per heavy atom. The van der Waals surface area contributed by atoms with E-state index in [1.54, 1.807) is 43.8 Å². The number of hydrogen-bond acceptors (Lipinski definition) is 8. The average molecular weight is 542 g/mol. The van der Waals surface area contributed by atoms with Crippen LogP contribution in [0.25, 0.3) is 16.8 Å². The number of benzene rings is 1. The molecule has 3 aromatic heterocycles. The van der Waals surface area contributed by atoms with E-state index >= 15 is 0 Å².